The predicted octanol–water partition coefficient (Wildman–Crippen LogP) is 4.10. The molecule has 2 rings (SSSR count). The molecule has 1 heterocycles. The average Bonchev–Trinajstić information content (AvgIpc) is 2.60. The number of fused-ring (bicyclic) bond motifs is 1. The summed E-state index contributed by atoms with van der Waals surface area (Å²) in [5, 5.41) is 1.51. The Morgan fingerprint density at radius 2 is 2.20 bits per heavy atom. The molecule has 2 nitrogen and oxygen atoms in total. The molecule has 0 spiro atoms. The summed E-state index contributed by atoms with van der Waals surface area (Å²) in [5.74, 6) is -0.330. The molecule has 0 N–H and O–H groups in total. The maximum atomic E-state index is 11.3. The summed E-state index contributed by atoms with van der Waals surface area (Å²) in [7, 11) is 1.37. The Kier molecular flexibility index (Phi) is 3.00. The zero-order valence-electron chi connectivity index (χ0n) is 7.71. The number of carbonyl (C=O) groups is 1. The zero-order chi connectivity index (χ0) is 11.0. The molecule has 0 fully saturated rings. The Balaban J connectivity index is 2.65. The number of carbonyl (C=O) groups excluding carboxylic acids is 1. The summed E-state index contributed by atoms with van der Waals surface area (Å²) >= 11 is 10.8. The fourth-order valence-corrected chi connectivity index (χ4v) is 3.38. The first-order chi connectivity index (χ1) is 7.11. The van der Waals surface area contributed by atoms with Crippen LogP contribution < -0.4 is 0 Å². The number of ether oxygens (including phenoxy) is 1. The molecule has 0 bridgehead atoms. The second-order valence-corrected chi connectivity index (χ2v) is 5.31. The van der Waals surface area contributed by atoms with E-state index < -0.39 is 0 Å². The second kappa shape index (κ2) is 4.12. The number of esters is 1. The number of hydrogen-bond acceptors (Lipinski definition) is 3. The summed E-state index contributed by atoms with van der Waals surface area (Å²) in [6, 6.07) is 5.48. The monoisotopic (exact) mass is 304 g/mol. The molecular formula is C10H6BrClO2S. The van der Waals surface area contributed by atoms with Crippen LogP contribution in [0.4, 0.5) is 0 Å². The van der Waals surface area contributed by atoms with E-state index in [-0.39, 0.29) is 5.97 Å². The number of rotatable bonds is 1. The average molecular weight is 306 g/mol. The van der Waals surface area contributed by atoms with Crippen LogP contribution in [0.25, 0.3) is 10.1 Å². The third-order valence-electron chi connectivity index (χ3n) is 1.94. The zero-order valence-corrected chi connectivity index (χ0v) is 10.9. The van der Waals surface area contributed by atoms with E-state index in [9.17, 15) is 4.79 Å². The Bertz CT molecular complexity index is 535. The minimum atomic E-state index is -0.330. The summed E-state index contributed by atoms with van der Waals surface area (Å²) in [6.45, 7) is 0. The Labute approximate surface area is 104 Å². The SMILES string of the molecule is COC(=O)c1cc2c(Cl)cc(Br)cc2s1. The number of methoxy groups -OCH3 is 1. The first kappa shape index (κ1) is 10.9. The van der Waals surface area contributed by atoms with Crippen molar-refractivity contribution in [2.45, 2.75) is 0 Å². The highest BCUT2D eigenvalue weighted by atomic mass is 79.9. The van der Waals surface area contributed by atoms with Crippen molar-refractivity contribution in [3.8, 4) is 0 Å². The molecule has 0 atom stereocenters. The summed E-state index contributed by atoms with van der Waals surface area (Å²) < 4.78 is 6.52. The van der Waals surface area contributed by atoms with E-state index in [4.69, 9.17) is 11.6 Å². The molecular weight excluding hydrogens is 300 g/mol. The number of benzene rings is 1. The lowest BCUT2D eigenvalue weighted by Crippen LogP contribution is -1.96. The van der Waals surface area contributed by atoms with Gasteiger partial charge in [-0.25, -0.2) is 4.79 Å². The first-order valence-electron chi connectivity index (χ1n) is 4.08. The lowest BCUT2D eigenvalue weighted by Gasteiger charge is -1.93. The van der Waals surface area contributed by atoms with E-state index in [1.807, 2.05) is 6.07 Å². The van der Waals surface area contributed by atoms with Crippen molar-refractivity contribution in [1.29, 1.82) is 0 Å². The van der Waals surface area contributed by atoms with Gasteiger partial charge in [0.2, 0.25) is 0 Å². The fourth-order valence-electron chi connectivity index (χ4n) is 1.27. The standard InChI is InChI=1S/C10H6BrClO2S/c1-14-10(13)9-4-6-7(12)2-5(11)3-8(6)15-9/h2-4H,1H3. The van der Waals surface area contributed by atoms with Gasteiger partial charge < -0.3 is 4.74 Å². The maximum absolute atomic E-state index is 11.3. The molecule has 15 heavy (non-hydrogen) atoms. The minimum absolute atomic E-state index is 0.330. The van der Waals surface area contributed by atoms with Crippen molar-refractivity contribution in [2.24, 2.45) is 0 Å². The van der Waals surface area contributed by atoms with Crippen LogP contribution in [0, 0.1) is 0 Å². The lowest BCUT2D eigenvalue weighted by atomic mass is 10.2. The molecule has 2 aromatic rings. The molecule has 5 heteroatoms. The fraction of sp³-hybridized carbons (Fsp3) is 0.100. The number of halogens is 2. The summed E-state index contributed by atoms with van der Waals surface area (Å²) in [4.78, 5) is 11.9. The van der Waals surface area contributed by atoms with Gasteiger partial charge in [-0.1, -0.05) is 27.5 Å². The van der Waals surface area contributed by atoms with Crippen LogP contribution in [0.5, 0.6) is 0 Å². The molecule has 0 aliphatic rings. The van der Waals surface area contributed by atoms with Crippen molar-refractivity contribution in [2.75, 3.05) is 7.11 Å². The van der Waals surface area contributed by atoms with Crippen LogP contribution in [0.15, 0.2) is 22.7 Å². The van der Waals surface area contributed by atoms with E-state index in [1.165, 1.54) is 18.4 Å². The van der Waals surface area contributed by atoms with Gasteiger partial charge in [-0.15, -0.1) is 11.3 Å². The summed E-state index contributed by atoms with van der Waals surface area (Å²) in [5.41, 5.74) is 0. The van der Waals surface area contributed by atoms with Crippen molar-refractivity contribution in [1.82, 2.24) is 0 Å². The molecule has 78 valence electrons. The van der Waals surface area contributed by atoms with Gasteiger partial charge in [0, 0.05) is 14.6 Å². The molecule has 0 radical (unpaired) electrons. The topological polar surface area (TPSA) is 26.3 Å². The molecule has 1 aromatic heterocycles. The van der Waals surface area contributed by atoms with Gasteiger partial charge in [0.05, 0.1) is 12.1 Å². The Hall–Kier alpha value is -0.580. The van der Waals surface area contributed by atoms with Crippen LogP contribution in [0.1, 0.15) is 9.67 Å². The lowest BCUT2D eigenvalue weighted by molar-refractivity contribution is 0.0606. The normalized spacial score (nSPS) is 10.6. The molecule has 0 amide bonds. The quantitative estimate of drug-likeness (QED) is 0.741. The van der Waals surface area contributed by atoms with Gasteiger partial charge in [-0.3, -0.25) is 0 Å². The maximum Gasteiger partial charge on any atom is 0.348 e. The van der Waals surface area contributed by atoms with Crippen molar-refractivity contribution in [3.05, 3.63) is 32.6 Å². The van der Waals surface area contributed by atoms with Gasteiger partial charge in [-0.2, -0.15) is 0 Å². The minimum Gasteiger partial charge on any atom is -0.465 e. The summed E-state index contributed by atoms with van der Waals surface area (Å²) in [6.07, 6.45) is 0. The number of hydrogen-bond donors (Lipinski definition) is 0. The van der Waals surface area contributed by atoms with Crippen molar-refractivity contribution < 1.29 is 9.53 Å². The largest absolute Gasteiger partial charge is 0.465 e. The molecule has 0 aliphatic heterocycles. The van der Waals surface area contributed by atoms with Crippen LogP contribution in [-0.4, -0.2) is 13.1 Å². The van der Waals surface area contributed by atoms with E-state index in [2.05, 4.69) is 20.7 Å². The van der Waals surface area contributed by atoms with Crippen LogP contribution in [0.2, 0.25) is 5.02 Å². The van der Waals surface area contributed by atoms with Crippen LogP contribution in [0.3, 0.4) is 0 Å². The molecule has 0 unspecified atom stereocenters. The van der Waals surface area contributed by atoms with Gasteiger partial charge in [-0.05, 0) is 18.2 Å². The number of thiophene rings is 1. The highest BCUT2D eigenvalue weighted by Gasteiger charge is 2.12. The molecule has 0 saturated heterocycles. The predicted molar refractivity (Wildman–Crippen MR) is 65.9 cm³/mol. The molecule has 0 aliphatic carbocycles. The Morgan fingerprint density at radius 3 is 2.87 bits per heavy atom. The van der Waals surface area contributed by atoms with E-state index in [0.29, 0.717) is 9.90 Å². The molecule has 1 aromatic carbocycles. The van der Waals surface area contributed by atoms with E-state index in [1.54, 1.807) is 12.1 Å². The van der Waals surface area contributed by atoms with Crippen molar-refractivity contribution in [3.63, 3.8) is 0 Å². The van der Waals surface area contributed by atoms with Gasteiger partial charge >= 0.3 is 5.97 Å². The van der Waals surface area contributed by atoms with Gasteiger partial charge in [0.25, 0.3) is 0 Å². The smallest absolute Gasteiger partial charge is 0.348 e. The van der Waals surface area contributed by atoms with E-state index >= 15 is 0 Å². The van der Waals surface area contributed by atoms with E-state index in [0.717, 1.165) is 14.6 Å². The van der Waals surface area contributed by atoms with Gasteiger partial charge in [0.1, 0.15) is 4.88 Å². The highest BCUT2D eigenvalue weighted by Crippen LogP contribution is 2.34. The second-order valence-electron chi connectivity index (χ2n) is 2.90. The third kappa shape index (κ3) is 2.02. The van der Waals surface area contributed by atoms with Crippen LogP contribution >= 0.6 is 38.9 Å². The van der Waals surface area contributed by atoms with Gasteiger partial charge in [0.15, 0.2) is 0 Å². The Morgan fingerprint density at radius 1 is 1.47 bits per heavy atom. The molecule has 0 saturated carbocycles. The third-order valence-corrected chi connectivity index (χ3v) is 3.77. The van der Waals surface area contributed by atoms with Crippen LogP contribution in [-0.2, 0) is 4.74 Å². The highest BCUT2D eigenvalue weighted by molar-refractivity contribution is 9.10. The van der Waals surface area contributed by atoms with Crippen molar-refractivity contribution >= 4 is 54.9 Å². The first-order valence-corrected chi connectivity index (χ1v) is 6.07.